The molecule has 0 N–H and O–H groups in total. The summed E-state index contributed by atoms with van der Waals surface area (Å²) in [5.41, 5.74) is 1.97. The van der Waals surface area contributed by atoms with Crippen LogP contribution in [0.5, 0.6) is 11.5 Å². The van der Waals surface area contributed by atoms with Crippen molar-refractivity contribution in [2.75, 3.05) is 26.5 Å². The van der Waals surface area contributed by atoms with E-state index in [4.69, 9.17) is 18.6 Å². The van der Waals surface area contributed by atoms with Gasteiger partial charge in [-0.25, -0.2) is 9.37 Å². The summed E-state index contributed by atoms with van der Waals surface area (Å²) in [6.07, 6.45) is 2.77. The molecule has 2 aromatic carbocycles. The van der Waals surface area contributed by atoms with Crippen LogP contribution < -0.4 is 9.47 Å². The van der Waals surface area contributed by atoms with Crippen LogP contribution in [0.2, 0.25) is 0 Å². The predicted molar refractivity (Wildman–Crippen MR) is 134 cm³/mol. The number of benzene rings is 2. The van der Waals surface area contributed by atoms with E-state index in [9.17, 15) is 14.0 Å². The standard InChI is InChI=1S/C28H30FN3O6/c1-2-35-28(34)21-6-4-10-32(15-21)27(33)23-17-36-26(30-23)16-31(13-19-5-3-7-22(29)11-19)14-20-8-9-24-25(12-20)38-18-37-24/h3,5,7-9,11-12,17,21H,2,4,6,10,13-16,18H2,1H3/t21-/m1/s1. The summed E-state index contributed by atoms with van der Waals surface area (Å²) < 4.78 is 35.6. The highest BCUT2D eigenvalue weighted by Crippen LogP contribution is 2.33. The van der Waals surface area contributed by atoms with Crippen LogP contribution in [0.25, 0.3) is 0 Å². The van der Waals surface area contributed by atoms with Gasteiger partial charge in [0.1, 0.15) is 12.1 Å². The van der Waals surface area contributed by atoms with Crippen molar-refractivity contribution in [3.63, 3.8) is 0 Å². The molecule has 2 aliphatic rings. The van der Waals surface area contributed by atoms with Gasteiger partial charge in [-0.05, 0) is 55.2 Å². The van der Waals surface area contributed by atoms with Gasteiger partial charge in [0.05, 0.1) is 19.1 Å². The fourth-order valence-electron chi connectivity index (χ4n) is 4.81. The first kappa shape index (κ1) is 25.7. The summed E-state index contributed by atoms with van der Waals surface area (Å²) in [5.74, 6) is 0.553. The lowest BCUT2D eigenvalue weighted by atomic mass is 9.98. The van der Waals surface area contributed by atoms with Gasteiger partial charge in [-0.15, -0.1) is 0 Å². The lowest BCUT2D eigenvalue weighted by Gasteiger charge is -2.30. The number of ether oxygens (including phenoxy) is 3. The van der Waals surface area contributed by atoms with Gasteiger partial charge < -0.3 is 23.5 Å². The molecule has 2 aliphatic heterocycles. The molecule has 0 aliphatic carbocycles. The number of aromatic nitrogens is 1. The molecule has 1 aromatic heterocycles. The zero-order chi connectivity index (χ0) is 26.5. The van der Waals surface area contributed by atoms with Crippen molar-refractivity contribution in [1.29, 1.82) is 0 Å². The summed E-state index contributed by atoms with van der Waals surface area (Å²) in [6, 6.07) is 12.2. The molecule has 3 aromatic rings. The van der Waals surface area contributed by atoms with E-state index < -0.39 is 0 Å². The van der Waals surface area contributed by atoms with Crippen LogP contribution in [-0.2, 0) is 29.2 Å². The minimum Gasteiger partial charge on any atom is -0.466 e. The number of rotatable bonds is 9. The number of hydrogen-bond donors (Lipinski definition) is 0. The van der Waals surface area contributed by atoms with Gasteiger partial charge in [0, 0.05) is 26.2 Å². The molecule has 0 spiro atoms. The highest BCUT2D eigenvalue weighted by atomic mass is 19.1. The van der Waals surface area contributed by atoms with Gasteiger partial charge in [-0.2, -0.15) is 0 Å². The van der Waals surface area contributed by atoms with Crippen molar-refractivity contribution in [2.24, 2.45) is 5.92 Å². The lowest BCUT2D eigenvalue weighted by molar-refractivity contribution is -0.149. The molecule has 0 unspecified atom stereocenters. The summed E-state index contributed by atoms with van der Waals surface area (Å²) in [6.45, 7) is 4.36. The Morgan fingerprint density at radius 2 is 1.92 bits per heavy atom. The third-order valence-electron chi connectivity index (χ3n) is 6.60. The van der Waals surface area contributed by atoms with Crippen LogP contribution in [0.1, 0.15) is 47.3 Å². The second-order valence-electron chi connectivity index (χ2n) is 9.43. The van der Waals surface area contributed by atoms with Crippen LogP contribution in [0, 0.1) is 11.7 Å². The van der Waals surface area contributed by atoms with Crippen LogP contribution in [0.3, 0.4) is 0 Å². The topological polar surface area (TPSA) is 94.3 Å². The Labute approximate surface area is 220 Å². The molecule has 0 bridgehead atoms. The fourth-order valence-corrected chi connectivity index (χ4v) is 4.81. The number of fused-ring (bicyclic) bond motifs is 1. The van der Waals surface area contributed by atoms with E-state index in [1.807, 2.05) is 29.2 Å². The van der Waals surface area contributed by atoms with Crippen molar-refractivity contribution in [3.05, 3.63) is 77.3 Å². The first-order chi connectivity index (χ1) is 18.5. The molecule has 1 saturated heterocycles. The van der Waals surface area contributed by atoms with Crippen LogP contribution in [-0.4, -0.2) is 53.1 Å². The van der Waals surface area contributed by atoms with Gasteiger partial charge in [-0.1, -0.05) is 18.2 Å². The molecule has 200 valence electrons. The predicted octanol–water partition coefficient (Wildman–Crippen LogP) is 4.16. The third-order valence-corrected chi connectivity index (χ3v) is 6.60. The summed E-state index contributed by atoms with van der Waals surface area (Å²) in [5, 5.41) is 0. The Hall–Kier alpha value is -3.92. The smallest absolute Gasteiger partial charge is 0.310 e. The number of likely N-dealkylation sites (tertiary alicyclic amines) is 1. The van der Waals surface area contributed by atoms with Crippen molar-refractivity contribution in [2.45, 2.75) is 39.4 Å². The number of carbonyl (C=O) groups is 2. The maximum atomic E-state index is 13.9. The van der Waals surface area contributed by atoms with Gasteiger partial charge in [0.2, 0.25) is 12.7 Å². The van der Waals surface area contributed by atoms with Crippen molar-refractivity contribution < 1.29 is 32.6 Å². The number of esters is 1. The largest absolute Gasteiger partial charge is 0.466 e. The summed E-state index contributed by atoms with van der Waals surface area (Å²) in [4.78, 5) is 33.4. The Morgan fingerprint density at radius 1 is 1.11 bits per heavy atom. The Kier molecular flexibility index (Phi) is 7.88. The average molecular weight is 524 g/mol. The minimum absolute atomic E-state index is 0.191. The van der Waals surface area contributed by atoms with Crippen molar-refractivity contribution in [3.8, 4) is 11.5 Å². The Morgan fingerprint density at radius 3 is 2.74 bits per heavy atom. The maximum absolute atomic E-state index is 13.9. The van der Waals surface area contributed by atoms with E-state index in [1.54, 1.807) is 17.9 Å². The first-order valence-corrected chi connectivity index (χ1v) is 12.7. The molecule has 1 atom stereocenters. The molecule has 0 saturated carbocycles. The lowest BCUT2D eigenvalue weighted by Crippen LogP contribution is -2.43. The molecule has 10 heteroatoms. The molecule has 38 heavy (non-hydrogen) atoms. The molecule has 1 fully saturated rings. The monoisotopic (exact) mass is 523 g/mol. The number of carbonyl (C=O) groups excluding carboxylic acids is 2. The Bertz CT molecular complexity index is 1300. The molecular formula is C28H30FN3O6. The number of hydrogen-bond acceptors (Lipinski definition) is 8. The quantitative estimate of drug-likeness (QED) is 0.386. The van der Waals surface area contributed by atoms with E-state index >= 15 is 0 Å². The molecule has 0 radical (unpaired) electrons. The average Bonchev–Trinajstić information content (AvgIpc) is 3.58. The van der Waals surface area contributed by atoms with E-state index in [0.29, 0.717) is 63.1 Å². The van der Waals surface area contributed by atoms with E-state index in [1.165, 1.54) is 18.4 Å². The number of nitrogens with zero attached hydrogens (tertiary/aromatic N) is 3. The fraction of sp³-hybridized carbons (Fsp3) is 0.393. The van der Waals surface area contributed by atoms with Gasteiger partial charge in [-0.3, -0.25) is 14.5 Å². The molecule has 3 heterocycles. The SMILES string of the molecule is CCOC(=O)[C@@H]1CCCN(C(=O)c2coc(CN(Cc3cccc(F)c3)Cc3ccc4c(c3)OCO4)n2)C1. The van der Waals surface area contributed by atoms with Gasteiger partial charge >= 0.3 is 5.97 Å². The number of amides is 1. The van der Waals surface area contributed by atoms with E-state index in [2.05, 4.69) is 4.98 Å². The normalized spacial score (nSPS) is 16.6. The second kappa shape index (κ2) is 11.6. The Balaban J connectivity index is 1.29. The molecule has 9 nitrogen and oxygen atoms in total. The van der Waals surface area contributed by atoms with Gasteiger partial charge in [0.15, 0.2) is 17.2 Å². The van der Waals surface area contributed by atoms with Gasteiger partial charge in [0.25, 0.3) is 5.91 Å². The van der Waals surface area contributed by atoms with Crippen molar-refractivity contribution in [1.82, 2.24) is 14.8 Å². The molecule has 5 rings (SSSR count). The minimum atomic E-state index is -0.331. The zero-order valence-corrected chi connectivity index (χ0v) is 21.2. The molecule has 1 amide bonds. The summed E-state index contributed by atoms with van der Waals surface area (Å²) in [7, 11) is 0. The van der Waals surface area contributed by atoms with Crippen LogP contribution in [0.4, 0.5) is 4.39 Å². The third kappa shape index (κ3) is 6.13. The highest BCUT2D eigenvalue weighted by Gasteiger charge is 2.31. The second-order valence-corrected chi connectivity index (χ2v) is 9.43. The van der Waals surface area contributed by atoms with E-state index in [0.717, 1.165) is 17.5 Å². The maximum Gasteiger partial charge on any atom is 0.310 e. The van der Waals surface area contributed by atoms with Crippen LogP contribution >= 0.6 is 0 Å². The number of oxazole rings is 1. The first-order valence-electron chi connectivity index (χ1n) is 12.7. The zero-order valence-electron chi connectivity index (χ0n) is 21.2. The number of halogens is 1. The van der Waals surface area contributed by atoms with E-state index in [-0.39, 0.29) is 36.1 Å². The highest BCUT2D eigenvalue weighted by molar-refractivity contribution is 5.92. The summed E-state index contributed by atoms with van der Waals surface area (Å²) >= 11 is 0. The van der Waals surface area contributed by atoms with Crippen molar-refractivity contribution >= 4 is 11.9 Å². The van der Waals surface area contributed by atoms with Crippen LogP contribution in [0.15, 0.2) is 53.1 Å². The number of piperidine rings is 1. The molecular weight excluding hydrogens is 493 g/mol.